The van der Waals surface area contributed by atoms with E-state index in [9.17, 15) is 9.90 Å². The Hall–Kier alpha value is -1.26. The number of nitrogens with two attached hydrogens (primary N) is 1. The van der Waals surface area contributed by atoms with Gasteiger partial charge in [0.25, 0.3) is 0 Å². The topological polar surface area (TPSA) is 66.6 Å². The first-order chi connectivity index (χ1) is 9.13. The van der Waals surface area contributed by atoms with Crippen molar-refractivity contribution in [3.63, 3.8) is 0 Å². The molecule has 0 aliphatic carbocycles. The summed E-state index contributed by atoms with van der Waals surface area (Å²) in [5.74, 6) is 0.184. The van der Waals surface area contributed by atoms with Gasteiger partial charge in [0.15, 0.2) is 0 Å². The zero-order valence-corrected chi connectivity index (χ0v) is 12.2. The Balaban J connectivity index is 0.00000147. The number of nitrogen functional groups attached to an aromatic ring is 1. The van der Waals surface area contributed by atoms with Gasteiger partial charge in [-0.25, -0.2) is 0 Å². The number of halogens is 1. The Labute approximate surface area is 125 Å². The molecule has 2 bridgehead atoms. The molecule has 4 nitrogen and oxygen atoms in total. The van der Waals surface area contributed by atoms with Crippen LogP contribution in [-0.4, -0.2) is 34.1 Å². The molecule has 1 aromatic carbocycles. The Kier molecular flexibility index (Phi) is 4.55. The summed E-state index contributed by atoms with van der Waals surface area (Å²) >= 11 is 0. The van der Waals surface area contributed by atoms with Crippen molar-refractivity contribution < 1.29 is 9.90 Å². The van der Waals surface area contributed by atoms with Crippen molar-refractivity contribution >= 4 is 24.0 Å². The Morgan fingerprint density at radius 2 is 1.75 bits per heavy atom. The average Bonchev–Trinajstić information content (AvgIpc) is 2.65. The lowest BCUT2D eigenvalue weighted by Crippen LogP contribution is -2.48. The molecule has 2 aliphatic heterocycles. The molecular formula is C15H21ClN2O2. The SMILES string of the molecule is Cl.Nc1ccc(CC(=O)N2C3CCC2CC(O)C3)cc1. The number of carbonyl (C=O) groups is 1. The smallest absolute Gasteiger partial charge is 0.227 e. The number of rotatable bonds is 2. The number of piperidine rings is 1. The molecule has 0 aromatic heterocycles. The highest BCUT2D eigenvalue weighted by atomic mass is 35.5. The van der Waals surface area contributed by atoms with Gasteiger partial charge in [0.2, 0.25) is 5.91 Å². The van der Waals surface area contributed by atoms with E-state index in [0.717, 1.165) is 36.9 Å². The molecule has 1 amide bonds. The van der Waals surface area contributed by atoms with E-state index in [1.165, 1.54) is 0 Å². The Bertz CT molecular complexity index is 463. The molecule has 2 atom stereocenters. The molecule has 2 aliphatic rings. The summed E-state index contributed by atoms with van der Waals surface area (Å²) in [7, 11) is 0. The van der Waals surface area contributed by atoms with Crippen LogP contribution in [0.15, 0.2) is 24.3 Å². The first-order valence-corrected chi connectivity index (χ1v) is 6.97. The minimum absolute atomic E-state index is 0. The summed E-state index contributed by atoms with van der Waals surface area (Å²) in [5, 5.41) is 9.76. The molecular weight excluding hydrogens is 276 g/mol. The van der Waals surface area contributed by atoms with Gasteiger partial charge < -0.3 is 15.7 Å². The summed E-state index contributed by atoms with van der Waals surface area (Å²) in [6.45, 7) is 0. The molecule has 2 fully saturated rings. The van der Waals surface area contributed by atoms with Crippen LogP contribution >= 0.6 is 12.4 Å². The van der Waals surface area contributed by atoms with Crippen molar-refractivity contribution in [2.45, 2.75) is 50.3 Å². The molecule has 2 heterocycles. The molecule has 2 saturated heterocycles. The number of benzene rings is 1. The quantitative estimate of drug-likeness (QED) is 0.817. The summed E-state index contributed by atoms with van der Waals surface area (Å²) in [4.78, 5) is 14.4. The predicted octanol–water partition coefficient (Wildman–Crippen LogP) is 1.75. The summed E-state index contributed by atoms with van der Waals surface area (Å²) in [5.41, 5.74) is 7.37. The largest absolute Gasteiger partial charge is 0.399 e. The van der Waals surface area contributed by atoms with Crippen molar-refractivity contribution in [2.24, 2.45) is 0 Å². The highest BCUT2D eigenvalue weighted by molar-refractivity contribution is 5.85. The van der Waals surface area contributed by atoms with Crippen molar-refractivity contribution in [1.29, 1.82) is 0 Å². The van der Waals surface area contributed by atoms with E-state index in [0.29, 0.717) is 6.42 Å². The molecule has 0 spiro atoms. The number of carbonyl (C=O) groups excluding carboxylic acids is 1. The number of hydrogen-bond acceptors (Lipinski definition) is 3. The van der Waals surface area contributed by atoms with E-state index in [-0.39, 0.29) is 36.5 Å². The van der Waals surface area contributed by atoms with Crippen LogP contribution in [0.3, 0.4) is 0 Å². The van der Waals surface area contributed by atoms with Crippen molar-refractivity contribution in [1.82, 2.24) is 4.90 Å². The lowest BCUT2D eigenvalue weighted by molar-refractivity contribution is -0.136. The van der Waals surface area contributed by atoms with Gasteiger partial charge in [0.1, 0.15) is 0 Å². The fourth-order valence-electron chi connectivity index (χ4n) is 3.46. The third kappa shape index (κ3) is 2.91. The molecule has 3 N–H and O–H groups in total. The second-order valence-electron chi connectivity index (χ2n) is 5.73. The lowest BCUT2D eigenvalue weighted by Gasteiger charge is -2.37. The second-order valence-corrected chi connectivity index (χ2v) is 5.73. The van der Waals surface area contributed by atoms with Crippen molar-refractivity contribution in [3.8, 4) is 0 Å². The number of nitrogens with zero attached hydrogens (tertiary/aromatic N) is 1. The van der Waals surface area contributed by atoms with Crippen LogP contribution in [0.5, 0.6) is 0 Å². The number of hydrogen-bond donors (Lipinski definition) is 2. The number of aliphatic hydroxyl groups is 1. The van der Waals surface area contributed by atoms with E-state index in [2.05, 4.69) is 0 Å². The summed E-state index contributed by atoms with van der Waals surface area (Å²) < 4.78 is 0. The molecule has 0 saturated carbocycles. The zero-order valence-electron chi connectivity index (χ0n) is 11.4. The maximum absolute atomic E-state index is 12.4. The minimum Gasteiger partial charge on any atom is -0.399 e. The molecule has 20 heavy (non-hydrogen) atoms. The number of aliphatic hydroxyl groups excluding tert-OH is 1. The molecule has 5 heteroatoms. The lowest BCUT2D eigenvalue weighted by atomic mass is 9.99. The van der Waals surface area contributed by atoms with Gasteiger partial charge in [-0.15, -0.1) is 12.4 Å². The van der Waals surface area contributed by atoms with Crippen LogP contribution in [-0.2, 0) is 11.2 Å². The highest BCUT2D eigenvalue weighted by Crippen LogP contribution is 2.36. The number of fused-ring (bicyclic) bond motifs is 2. The van der Waals surface area contributed by atoms with Gasteiger partial charge in [-0.05, 0) is 43.4 Å². The van der Waals surface area contributed by atoms with E-state index in [1.807, 2.05) is 29.2 Å². The molecule has 0 radical (unpaired) electrons. The van der Waals surface area contributed by atoms with Gasteiger partial charge in [-0.3, -0.25) is 4.79 Å². The molecule has 3 rings (SSSR count). The standard InChI is InChI=1S/C15H20N2O2.ClH/c16-11-3-1-10(2-4-11)7-15(19)17-12-5-6-13(17)9-14(18)8-12;/h1-4,12-14,18H,5-9,16H2;1H. The fourth-order valence-corrected chi connectivity index (χ4v) is 3.46. The van der Waals surface area contributed by atoms with Gasteiger partial charge in [0.05, 0.1) is 12.5 Å². The predicted molar refractivity (Wildman–Crippen MR) is 80.7 cm³/mol. The minimum atomic E-state index is -0.224. The summed E-state index contributed by atoms with van der Waals surface area (Å²) in [6.07, 6.45) is 3.76. The number of amides is 1. The maximum atomic E-state index is 12.4. The fraction of sp³-hybridized carbons (Fsp3) is 0.533. The summed E-state index contributed by atoms with van der Waals surface area (Å²) in [6, 6.07) is 7.97. The molecule has 110 valence electrons. The van der Waals surface area contributed by atoms with Crippen LogP contribution in [0, 0.1) is 0 Å². The van der Waals surface area contributed by atoms with Crippen LogP contribution in [0.1, 0.15) is 31.2 Å². The maximum Gasteiger partial charge on any atom is 0.227 e. The molecule has 2 unspecified atom stereocenters. The van der Waals surface area contributed by atoms with Crippen LogP contribution in [0.2, 0.25) is 0 Å². The molecule has 1 aromatic rings. The first kappa shape index (κ1) is 15.1. The van der Waals surface area contributed by atoms with E-state index in [1.54, 1.807) is 0 Å². The van der Waals surface area contributed by atoms with E-state index < -0.39 is 0 Å². The number of anilines is 1. The monoisotopic (exact) mass is 296 g/mol. The van der Waals surface area contributed by atoms with Gasteiger partial charge in [-0.2, -0.15) is 0 Å². The normalized spacial score (nSPS) is 28.1. The second kappa shape index (κ2) is 6.02. The van der Waals surface area contributed by atoms with Gasteiger partial charge in [0, 0.05) is 17.8 Å². The van der Waals surface area contributed by atoms with Crippen LogP contribution in [0.4, 0.5) is 5.69 Å². The third-order valence-electron chi connectivity index (χ3n) is 4.33. The van der Waals surface area contributed by atoms with Gasteiger partial charge >= 0.3 is 0 Å². The van der Waals surface area contributed by atoms with Crippen LogP contribution in [0.25, 0.3) is 0 Å². The van der Waals surface area contributed by atoms with Gasteiger partial charge in [-0.1, -0.05) is 12.1 Å². The van der Waals surface area contributed by atoms with E-state index >= 15 is 0 Å². The first-order valence-electron chi connectivity index (χ1n) is 6.97. The van der Waals surface area contributed by atoms with Crippen LogP contribution < -0.4 is 5.73 Å². The van der Waals surface area contributed by atoms with Crippen molar-refractivity contribution in [2.75, 3.05) is 5.73 Å². The Morgan fingerprint density at radius 1 is 1.20 bits per heavy atom. The highest BCUT2D eigenvalue weighted by Gasteiger charge is 2.42. The zero-order chi connectivity index (χ0) is 13.4. The van der Waals surface area contributed by atoms with Crippen molar-refractivity contribution in [3.05, 3.63) is 29.8 Å². The van der Waals surface area contributed by atoms with E-state index in [4.69, 9.17) is 5.73 Å². The Morgan fingerprint density at radius 3 is 2.30 bits per heavy atom. The third-order valence-corrected chi connectivity index (χ3v) is 4.33. The average molecular weight is 297 g/mol.